The maximum Gasteiger partial charge on any atom is 0.124 e. The minimum Gasteiger partial charge on any atom is -0.497 e. The molecule has 4 nitrogen and oxygen atoms in total. The Kier molecular flexibility index (Phi) is 3.08. The first-order valence-corrected chi connectivity index (χ1v) is 4.94. The molecule has 4 heteroatoms. The van der Waals surface area contributed by atoms with Gasteiger partial charge in [-0.15, -0.1) is 0 Å². The number of hydrogen-bond acceptors (Lipinski definition) is 4. The maximum atomic E-state index is 5.55. The molecule has 0 bridgehead atoms. The third kappa shape index (κ3) is 2.06. The van der Waals surface area contributed by atoms with Gasteiger partial charge in [0.15, 0.2) is 0 Å². The van der Waals surface area contributed by atoms with E-state index in [1.165, 1.54) is 0 Å². The number of hydroxylamine groups is 1. The summed E-state index contributed by atoms with van der Waals surface area (Å²) in [5.41, 5.74) is 4.04. The van der Waals surface area contributed by atoms with Gasteiger partial charge in [0.25, 0.3) is 0 Å². The largest absolute Gasteiger partial charge is 0.497 e. The van der Waals surface area contributed by atoms with Crippen LogP contribution in [0, 0.1) is 0 Å². The minimum atomic E-state index is 0.175. The van der Waals surface area contributed by atoms with Gasteiger partial charge in [-0.25, -0.2) is 0 Å². The molecule has 0 aliphatic carbocycles. The summed E-state index contributed by atoms with van der Waals surface area (Å²) >= 11 is 0. The van der Waals surface area contributed by atoms with E-state index in [-0.39, 0.29) is 6.04 Å². The van der Waals surface area contributed by atoms with Crippen LogP contribution in [0.25, 0.3) is 0 Å². The molecule has 0 aromatic heterocycles. The average molecular weight is 209 g/mol. The Bertz CT molecular complexity index is 341. The predicted octanol–water partition coefficient (Wildman–Crippen LogP) is 1.67. The first-order chi connectivity index (χ1) is 7.35. The van der Waals surface area contributed by atoms with Crippen molar-refractivity contribution in [2.75, 3.05) is 20.8 Å². The van der Waals surface area contributed by atoms with Crippen LogP contribution in [0.1, 0.15) is 18.0 Å². The molecule has 82 valence electrons. The summed E-state index contributed by atoms with van der Waals surface area (Å²) in [5, 5.41) is 0. The smallest absolute Gasteiger partial charge is 0.124 e. The molecule has 1 unspecified atom stereocenters. The van der Waals surface area contributed by atoms with E-state index in [9.17, 15) is 0 Å². The summed E-state index contributed by atoms with van der Waals surface area (Å²) in [6.45, 7) is 0.709. The van der Waals surface area contributed by atoms with Gasteiger partial charge < -0.3 is 14.3 Å². The molecule has 1 aromatic carbocycles. The number of methoxy groups -OCH3 is 1. The van der Waals surface area contributed by atoms with Crippen molar-refractivity contribution in [3.63, 3.8) is 0 Å². The summed E-state index contributed by atoms with van der Waals surface area (Å²) in [6, 6.07) is 5.98. The van der Waals surface area contributed by atoms with Gasteiger partial charge in [0.05, 0.1) is 26.9 Å². The minimum absolute atomic E-state index is 0.175. The van der Waals surface area contributed by atoms with Crippen molar-refractivity contribution in [1.29, 1.82) is 0 Å². The molecule has 0 saturated carbocycles. The molecule has 1 atom stereocenters. The molecule has 15 heavy (non-hydrogen) atoms. The number of fused-ring (bicyclic) bond motifs is 1. The van der Waals surface area contributed by atoms with E-state index < -0.39 is 0 Å². The zero-order valence-electron chi connectivity index (χ0n) is 8.95. The topological polar surface area (TPSA) is 39.7 Å². The van der Waals surface area contributed by atoms with Crippen LogP contribution in [0.15, 0.2) is 18.2 Å². The Morgan fingerprint density at radius 2 is 2.27 bits per heavy atom. The number of benzene rings is 1. The monoisotopic (exact) mass is 209 g/mol. The van der Waals surface area contributed by atoms with Crippen molar-refractivity contribution in [1.82, 2.24) is 5.48 Å². The first kappa shape index (κ1) is 10.3. The molecule has 0 fully saturated rings. The van der Waals surface area contributed by atoms with Crippen LogP contribution in [-0.4, -0.2) is 20.8 Å². The Labute approximate surface area is 89.1 Å². The highest BCUT2D eigenvalue weighted by molar-refractivity contribution is 5.43. The van der Waals surface area contributed by atoms with E-state index in [2.05, 4.69) is 5.48 Å². The van der Waals surface area contributed by atoms with Gasteiger partial charge in [-0.1, -0.05) is 0 Å². The van der Waals surface area contributed by atoms with Crippen molar-refractivity contribution in [3.05, 3.63) is 23.8 Å². The quantitative estimate of drug-likeness (QED) is 0.769. The highest BCUT2D eigenvalue weighted by atomic mass is 16.6. The standard InChI is InChI=1S/C11H15NO3/c1-13-8-3-4-11-9(7-8)10(12-14-2)5-6-15-11/h3-4,7,10,12H,5-6H2,1-2H3. The van der Waals surface area contributed by atoms with E-state index in [0.717, 1.165) is 23.5 Å². The lowest BCUT2D eigenvalue weighted by Gasteiger charge is -2.26. The van der Waals surface area contributed by atoms with Crippen LogP contribution in [0.5, 0.6) is 11.5 Å². The fraction of sp³-hybridized carbons (Fsp3) is 0.455. The summed E-state index contributed by atoms with van der Waals surface area (Å²) in [5.74, 6) is 1.73. The maximum absolute atomic E-state index is 5.55. The van der Waals surface area contributed by atoms with E-state index in [1.807, 2.05) is 18.2 Å². The second-order valence-electron chi connectivity index (χ2n) is 3.42. The van der Waals surface area contributed by atoms with Crippen molar-refractivity contribution >= 4 is 0 Å². The molecule has 1 N–H and O–H groups in total. The second-order valence-corrected chi connectivity index (χ2v) is 3.42. The Hall–Kier alpha value is -1.26. The number of rotatable bonds is 3. The molecule has 0 saturated heterocycles. The van der Waals surface area contributed by atoms with Gasteiger partial charge in [0.2, 0.25) is 0 Å². The molecule has 0 amide bonds. The predicted molar refractivity (Wildman–Crippen MR) is 56.0 cm³/mol. The lowest BCUT2D eigenvalue weighted by molar-refractivity contribution is 0.0462. The van der Waals surface area contributed by atoms with Gasteiger partial charge in [-0.3, -0.25) is 0 Å². The summed E-state index contributed by atoms with van der Waals surface area (Å²) in [4.78, 5) is 4.97. The Morgan fingerprint density at radius 1 is 1.40 bits per heavy atom. The van der Waals surface area contributed by atoms with Crippen LogP contribution in [-0.2, 0) is 4.84 Å². The summed E-state index contributed by atoms with van der Waals surface area (Å²) in [6.07, 6.45) is 0.897. The highest BCUT2D eigenvalue weighted by Crippen LogP contribution is 2.34. The molecular formula is C11H15NO3. The first-order valence-electron chi connectivity index (χ1n) is 4.94. The van der Waals surface area contributed by atoms with Crippen LogP contribution < -0.4 is 15.0 Å². The van der Waals surface area contributed by atoms with E-state index in [4.69, 9.17) is 14.3 Å². The third-order valence-electron chi connectivity index (χ3n) is 2.52. The van der Waals surface area contributed by atoms with Gasteiger partial charge in [0.1, 0.15) is 11.5 Å². The number of ether oxygens (including phenoxy) is 2. The average Bonchev–Trinajstić information content (AvgIpc) is 2.29. The van der Waals surface area contributed by atoms with E-state index in [1.54, 1.807) is 14.2 Å². The number of hydrogen-bond donors (Lipinski definition) is 1. The van der Waals surface area contributed by atoms with Gasteiger partial charge in [-0.05, 0) is 18.2 Å². The van der Waals surface area contributed by atoms with Crippen molar-refractivity contribution in [3.8, 4) is 11.5 Å². The normalized spacial score (nSPS) is 19.2. The van der Waals surface area contributed by atoms with E-state index >= 15 is 0 Å². The van der Waals surface area contributed by atoms with Crippen LogP contribution in [0.4, 0.5) is 0 Å². The lowest BCUT2D eigenvalue weighted by Crippen LogP contribution is -2.26. The molecule has 1 aromatic rings. The molecule has 1 aliphatic heterocycles. The van der Waals surface area contributed by atoms with Crippen LogP contribution in [0.3, 0.4) is 0 Å². The summed E-state index contributed by atoms with van der Waals surface area (Å²) in [7, 11) is 3.28. The second kappa shape index (κ2) is 4.51. The van der Waals surface area contributed by atoms with Gasteiger partial charge in [-0.2, -0.15) is 5.48 Å². The molecule has 2 rings (SSSR count). The van der Waals surface area contributed by atoms with Crippen molar-refractivity contribution < 1.29 is 14.3 Å². The van der Waals surface area contributed by atoms with Gasteiger partial charge >= 0.3 is 0 Å². The number of nitrogens with one attached hydrogen (secondary N) is 1. The third-order valence-corrected chi connectivity index (χ3v) is 2.52. The molecule has 0 radical (unpaired) electrons. The fourth-order valence-corrected chi connectivity index (χ4v) is 1.76. The van der Waals surface area contributed by atoms with E-state index in [0.29, 0.717) is 6.61 Å². The zero-order chi connectivity index (χ0) is 10.7. The van der Waals surface area contributed by atoms with Crippen LogP contribution in [0.2, 0.25) is 0 Å². The molecule has 1 heterocycles. The molecule has 1 aliphatic rings. The van der Waals surface area contributed by atoms with Crippen molar-refractivity contribution in [2.24, 2.45) is 0 Å². The SMILES string of the molecule is CONC1CCOc2ccc(OC)cc21. The zero-order valence-corrected chi connectivity index (χ0v) is 8.95. The Balaban J connectivity index is 2.30. The molecule has 0 spiro atoms. The molecular weight excluding hydrogens is 194 g/mol. The fourth-order valence-electron chi connectivity index (χ4n) is 1.76. The highest BCUT2D eigenvalue weighted by Gasteiger charge is 2.21. The van der Waals surface area contributed by atoms with Crippen LogP contribution >= 0.6 is 0 Å². The Morgan fingerprint density at radius 3 is 3.00 bits per heavy atom. The van der Waals surface area contributed by atoms with Crippen molar-refractivity contribution in [2.45, 2.75) is 12.5 Å². The summed E-state index contributed by atoms with van der Waals surface area (Å²) < 4.78 is 10.7. The van der Waals surface area contributed by atoms with Gasteiger partial charge in [0, 0.05) is 12.0 Å². The lowest BCUT2D eigenvalue weighted by atomic mass is 10.0.